The van der Waals surface area contributed by atoms with Crippen molar-refractivity contribution >= 4 is 18.0 Å². The first-order valence-electron chi connectivity index (χ1n) is 11.4. The molecule has 0 aromatic heterocycles. The van der Waals surface area contributed by atoms with Crippen molar-refractivity contribution in [2.24, 2.45) is 17.8 Å². The van der Waals surface area contributed by atoms with E-state index >= 15 is 0 Å². The lowest BCUT2D eigenvalue weighted by Crippen LogP contribution is -2.33. The molecular formula is C24H33NO10. The van der Waals surface area contributed by atoms with E-state index in [1.165, 1.54) is 27.5 Å². The van der Waals surface area contributed by atoms with Gasteiger partial charge in [0.25, 0.3) is 0 Å². The second-order valence-electron chi connectivity index (χ2n) is 9.11. The van der Waals surface area contributed by atoms with Gasteiger partial charge in [-0.15, -0.1) is 0 Å². The molecule has 2 saturated carbocycles. The third-order valence-electron chi connectivity index (χ3n) is 7.41. The first kappa shape index (κ1) is 26.7. The van der Waals surface area contributed by atoms with Gasteiger partial charge in [0.2, 0.25) is 6.29 Å². The van der Waals surface area contributed by atoms with E-state index in [0.717, 1.165) is 31.1 Å². The van der Waals surface area contributed by atoms with Crippen LogP contribution in [0.15, 0.2) is 35.8 Å². The number of esters is 2. The lowest BCUT2D eigenvalue weighted by Gasteiger charge is -2.30. The van der Waals surface area contributed by atoms with Gasteiger partial charge >= 0.3 is 18.0 Å². The predicted molar refractivity (Wildman–Crippen MR) is 120 cm³/mol. The average molecular weight is 496 g/mol. The number of epoxide rings is 1. The number of aliphatic hydroxyl groups excluding tert-OH is 2. The molecular weight excluding hydrogens is 462 g/mol. The van der Waals surface area contributed by atoms with E-state index in [1.807, 2.05) is 6.92 Å². The van der Waals surface area contributed by atoms with Gasteiger partial charge in [0.15, 0.2) is 0 Å². The van der Waals surface area contributed by atoms with Crippen LogP contribution in [-0.4, -0.2) is 73.6 Å². The summed E-state index contributed by atoms with van der Waals surface area (Å²) in [6.07, 6.45) is 3.88. The minimum Gasteiger partial charge on any atom is -0.472 e. The quantitative estimate of drug-likeness (QED) is 0.127. The number of methoxy groups -OCH3 is 2. The average Bonchev–Trinajstić information content (AvgIpc) is 3.11. The van der Waals surface area contributed by atoms with Crippen LogP contribution in [0.2, 0.25) is 0 Å². The lowest BCUT2D eigenvalue weighted by molar-refractivity contribution is -0.141. The minimum atomic E-state index is -0.876. The summed E-state index contributed by atoms with van der Waals surface area (Å²) >= 11 is 0. The van der Waals surface area contributed by atoms with E-state index in [0.29, 0.717) is 12.0 Å². The highest BCUT2D eigenvalue weighted by Gasteiger charge is 2.74. The molecule has 4 rings (SSSR count). The monoisotopic (exact) mass is 495 g/mol. The van der Waals surface area contributed by atoms with Crippen molar-refractivity contribution < 1.29 is 48.3 Å². The fraction of sp³-hybridized carbons (Fsp3) is 0.625. The van der Waals surface area contributed by atoms with Crippen LogP contribution in [0.1, 0.15) is 32.6 Å². The molecule has 6 unspecified atom stereocenters. The van der Waals surface area contributed by atoms with Crippen LogP contribution in [0.4, 0.5) is 4.79 Å². The third kappa shape index (κ3) is 4.80. The maximum Gasteiger partial charge on any atom is 0.411 e. The highest BCUT2D eigenvalue weighted by atomic mass is 16.6. The molecule has 1 amide bonds. The smallest absolute Gasteiger partial charge is 0.411 e. The number of hydrogen-bond acceptors (Lipinski definition) is 10. The number of aliphatic hydroxyl groups is 2. The summed E-state index contributed by atoms with van der Waals surface area (Å²) in [7, 11) is 4.01. The molecule has 6 atom stereocenters. The molecule has 0 aromatic carbocycles. The van der Waals surface area contributed by atoms with E-state index in [4.69, 9.17) is 18.9 Å². The Morgan fingerprint density at radius 3 is 2.57 bits per heavy atom. The Morgan fingerprint density at radius 2 is 2.00 bits per heavy atom. The topological polar surface area (TPSA) is 153 Å². The van der Waals surface area contributed by atoms with Crippen molar-refractivity contribution in [2.75, 3.05) is 27.9 Å². The number of rotatable bonds is 5. The van der Waals surface area contributed by atoms with Crippen LogP contribution in [0.5, 0.6) is 0 Å². The Labute approximate surface area is 203 Å². The predicted octanol–water partition coefficient (Wildman–Crippen LogP) is 1.30. The zero-order valence-electron chi connectivity index (χ0n) is 20.4. The Morgan fingerprint density at radius 1 is 1.29 bits per heavy atom. The van der Waals surface area contributed by atoms with Crippen molar-refractivity contribution in [1.29, 1.82) is 0 Å². The molecule has 3 N–H and O–H groups in total. The Kier molecular flexibility index (Phi) is 7.93. The number of hydrogen-bond donors (Lipinski definition) is 3. The summed E-state index contributed by atoms with van der Waals surface area (Å²) in [4.78, 5) is 34.5. The fourth-order valence-electron chi connectivity index (χ4n) is 5.37. The number of amides is 1. The Balaban J connectivity index is 0.000000203. The first-order valence-corrected chi connectivity index (χ1v) is 11.4. The second-order valence-corrected chi connectivity index (χ2v) is 9.11. The van der Waals surface area contributed by atoms with Crippen LogP contribution < -0.4 is 5.32 Å². The fourth-order valence-corrected chi connectivity index (χ4v) is 5.37. The number of carbonyl (C=O) groups excluding carboxylic acids is 3. The molecule has 3 fully saturated rings. The number of carbonyl (C=O) groups is 3. The Bertz CT molecular complexity index is 943. The van der Waals surface area contributed by atoms with E-state index in [1.54, 1.807) is 0 Å². The van der Waals surface area contributed by atoms with Crippen LogP contribution in [0.3, 0.4) is 0 Å². The largest absolute Gasteiger partial charge is 0.472 e. The molecule has 0 radical (unpaired) electrons. The molecule has 0 bridgehead atoms. The molecule has 0 aromatic rings. The second kappa shape index (κ2) is 10.4. The molecule has 11 heteroatoms. The van der Waals surface area contributed by atoms with Crippen molar-refractivity contribution in [3.63, 3.8) is 0 Å². The third-order valence-corrected chi connectivity index (χ3v) is 7.41. The molecule has 4 aliphatic rings. The van der Waals surface area contributed by atoms with Gasteiger partial charge in [-0.05, 0) is 32.6 Å². The van der Waals surface area contributed by atoms with Crippen LogP contribution >= 0.6 is 0 Å². The molecule has 35 heavy (non-hydrogen) atoms. The number of ether oxygens (including phenoxy) is 5. The summed E-state index contributed by atoms with van der Waals surface area (Å²) in [5.74, 6) is -1.49. The van der Waals surface area contributed by atoms with Crippen molar-refractivity contribution in [3.05, 3.63) is 35.8 Å². The molecule has 2 aliphatic heterocycles. The van der Waals surface area contributed by atoms with Gasteiger partial charge in [-0.25, -0.2) is 14.4 Å². The van der Waals surface area contributed by atoms with Crippen molar-refractivity contribution in [1.82, 2.24) is 5.32 Å². The van der Waals surface area contributed by atoms with Gasteiger partial charge < -0.3 is 39.2 Å². The summed E-state index contributed by atoms with van der Waals surface area (Å²) in [5.41, 5.74) is 0.450. The molecule has 1 saturated heterocycles. The lowest BCUT2D eigenvalue weighted by atomic mass is 9.85. The van der Waals surface area contributed by atoms with E-state index < -0.39 is 29.6 Å². The van der Waals surface area contributed by atoms with Gasteiger partial charge in [0, 0.05) is 24.8 Å². The molecule has 194 valence electrons. The summed E-state index contributed by atoms with van der Waals surface area (Å²) in [6, 6.07) is 0. The van der Waals surface area contributed by atoms with Crippen LogP contribution in [-0.2, 0) is 33.3 Å². The molecule has 2 aliphatic carbocycles. The van der Waals surface area contributed by atoms with Gasteiger partial charge in [-0.1, -0.05) is 12.2 Å². The normalized spacial score (nSPS) is 34.7. The van der Waals surface area contributed by atoms with Crippen LogP contribution in [0, 0.1) is 17.8 Å². The summed E-state index contributed by atoms with van der Waals surface area (Å²) in [6.45, 7) is 5.60. The molecule has 0 spiro atoms. The highest BCUT2D eigenvalue weighted by Crippen LogP contribution is 2.64. The summed E-state index contributed by atoms with van der Waals surface area (Å²) in [5, 5.41) is 21.5. The standard InChI is InChI=1S/C13H19NO6.C11H14O4/c1-12-5-4-9(13(12,7-15)20-12)8(10(16)18-3)6-19-11(17)14-2;1-6-3-4-7-8(10(12)14-2)5-15-11(13)9(6)7/h6,9,15H,4-5,7H2,1-3H3,(H,14,17);5,7,9,11,13H,1,3-4H2,2H3/b8-6-;. The number of fused-ring (bicyclic) bond motifs is 2. The SMILES string of the molecule is C=C1CCC2C(C(=O)OC)=COC(O)C12.CNC(=O)O/C=C(\C(=O)OC)C1CCC2(C)OC12CO. The number of alkyl carbamates (subject to hydrolysis) is 1. The van der Waals surface area contributed by atoms with Gasteiger partial charge in [0.05, 0.1) is 43.8 Å². The van der Waals surface area contributed by atoms with Gasteiger partial charge in [0.1, 0.15) is 11.9 Å². The van der Waals surface area contributed by atoms with Crippen molar-refractivity contribution in [3.8, 4) is 0 Å². The van der Waals surface area contributed by atoms with Crippen molar-refractivity contribution in [2.45, 2.75) is 50.1 Å². The minimum absolute atomic E-state index is 0.00583. The maximum atomic E-state index is 11.9. The Hall–Kier alpha value is -2.89. The van der Waals surface area contributed by atoms with Gasteiger partial charge in [-0.3, -0.25) is 0 Å². The highest BCUT2D eigenvalue weighted by molar-refractivity contribution is 5.90. The zero-order valence-corrected chi connectivity index (χ0v) is 20.4. The van der Waals surface area contributed by atoms with Crippen LogP contribution in [0.25, 0.3) is 0 Å². The van der Waals surface area contributed by atoms with E-state index in [-0.39, 0.29) is 35.9 Å². The summed E-state index contributed by atoms with van der Waals surface area (Å²) < 4.78 is 24.9. The van der Waals surface area contributed by atoms with E-state index in [2.05, 4.69) is 16.6 Å². The molecule has 11 nitrogen and oxygen atoms in total. The maximum absolute atomic E-state index is 11.9. The van der Waals surface area contributed by atoms with Gasteiger partial charge in [-0.2, -0.15) is 0 Å². The zero-order chi connectivity index (χ0) is 26.0. The molecule has 2 heterocycles. The number of nitrogens with one attached hydrogen (secondary N) is 1. The van der Waals surface area contributed by atoms with E-state index in [9.17, 15) is 24.6 Å². The first-order chi connectivity index (χ1) is 16.6.